The molecule has 0 unspecified atom stereocenters. The third-order valence-corrected chi connectivity index (χ3v) is 4.45. The maximum absolute atomic E-state index is 12.0. The molecule has 2 amide bonds. The molecular formula is C18H17IN2O3. The Morgan fingerprint density at radius 2 is 1.96 bits per heavy atom. The fourth-order valence-corrected chi connectivity index (χ4v) is 2.85. The van der Waals surface area contributed by atoms with Crippen molar-refractivity contribution < 1.29 is 14.3 Å². The average Bonchev–Trinajstić information content (AvgIpc) is 2.59. The van der Waals surface area contributed by atoms with E-state index in [1.165, 1.54) is 0 Å². The van der Waals surface area contributed by atoms with Gasteiger partial charge in [0.25, 0.3) is 5.91 Å². The van der Waals surface area contributed by atoms with E-state index < -0.39 is 0 Å². The average molecular weight is 436 g/mol. The van der Waals surface area contributed by atoms with Crippen molar-refractivity contribution >= 4 is 40.1 Å². The van der Waals surface area contributed by atoms with Gasteiger partial charge in [-0.25, -0.2) is 0 Å². The number of halogens is 1. The SMILES string of the molecule is O=C1CCc2cc(OCCNC(=O)c3ccc(I)cc3)ccc2N1. The van der Waals surface area contributed by atoms with Crippen LogP contribution in [0.2, 0.25) is 0 Å². The second-order valence-electron chi connectivity index (χ2n) is 5.48. The Hall–Kier alpha value is -2.09. The molecule has 2 aromatic rings. The van der Waals surface area contributed by atoms with Crippen molar-refractivity contribution in [2.45, 2.75) is 12.8 Å². The first-order chi connectivity index (χ1) is 11.6. The Morgan fingerprint density at radius 1 is 1.17 bits per heavy atom. The molecule has 124 valence electrons. The highest BCUT2D eigenvalue weighted by Crippen LogP contribution is 2.26. The van der Waals surface area contributed by atoms with Crippen LogP contribution in [-0.2, 0) is 11.2 Å². The summed E-state index contributed by atoms with van der Waals surface area (Å²) < 4.78 is 6.77. The van der Waals surface area contributed by atoms with Gasteiger partial charge in [-0.05, 0) is 77.0 Å². The van der Waals surface area contributed by atoms with Crippen LogP contribution in [0.5, 0.6) is 5.75 Å². The van der Waals surface area contributed by atoms with Gasteiger partial charge in [-0.2, -0.15) is 0 Å². The summed E-state index contributed by atoms with van der Waals surface area (Å²) >= 11 is 2.20. The highest BCUT2D eigenvalue weighted by Gasteiger charge is 2.15. The number of aryl methyl sites for hydroxylation is 1. The lowest BCUT2D eigenvalue weighted by Gasteiger charge is -2.17. The monoisotopic (exact) mass is 436 g/mol. The van der Waals surface area contributed by atoms with Gasteiger partial charge in [0.2, 0.25) is 5.91 Å². The third kappa shape index (κ3) is 4.25. The van der Waals surface area contributed by atoms with E-state index in [4.69, 9.17) is 4.74 Å². The van der Waals surface area contributed by atoms with Crippen molar-refractivity contribution in [2.75, 3.05) is 18.5 Å². The minimum atomic E-state index is -0.108. The van der Waals surface area contributed by atoms with Gasteiger partial charge in [-0.3, -0.25) is 9.59 Å². The quantitative estimate of drug-likeness (QED) is 0.560. The fraction of sp³-hybridized carbons (Fsp3) is 0.222. The topological polar surface area (TPSA) is 67.4 Å². The summed E-state index contributed by atoms with van der Waals surface area (Å²) in [6.45, 7) is 0.819. The van der Waals surface area contributed by atoms with Gasteiger partial charge in [0.1, 0.15) is 12.4 Å². The van der Waals surface area contributed by atoms with E-state index in [-0.39, 0.29) is 11.8 Å². The smallest absolute Gasteiger partial charge is 0.251 e. The number of ether oxygens (including phenoxy) is 1. The van der Waals surface area contributed by atoms with Crippen LogP contribution in [0.3, 0.4) is 0 Å². The second kappa shape index (κ2) is 7.65. The number of amides is 2. The lowest BCUT2D eigenvalue weighted by atomic mass is 10.0. The molecule has 0 saturated heterocycles. The van der Waals surface area contributed by atoms with Crippen LogP contribution in [0.15, 0.2) is 42.5 Å². The van der Waals surface area contributed by atoms with Crippen LogP contribution < -0.4 is 15.4 Å². The van der Waals surface area contributed by atoms with Crippen molar-refractivity contribution in [3.05, 3.63) is 57.2 Å². The zero-order chi connectivity index (χ0) is 16.9. The maximum Gasteiger partial charge on any atom is 0.251 e. The number of carbonyl (C=O) groups excluding carboxylic acids is 2. The van der Waals surface area contributed by atoms with Gasteiger partial charge in [0.05, 0.1) is 6.54 Å². The molecule has 2 aromatic carbocycles. The van der Waals surface area contributed by atoms with Gasteiger partial charge in [0.15, 0.2) is 0 Å². The van der Waals surface area contributed by atoms with Crippen molar-refractivity contribution in [1.29, 1.82) is 0 Å². The van der Waals surface area contributed by atoms with Gasteiger partial charge in [-0.1, -0.05) is 0 Å². The number of anilines is 1. The maximum atomic E-state index is 12.0. The predicted molar refractivity (Wildman–Crippen MR) is 100 cm³/mol. The van der Waals surface area contributed by atoms with Gasteiger partial charge in [0, 0.05) is 21.2 Å². The summed E-state index contributed by atoms with van der Waals surface area (Å²) in [6, 6.07) is 13.0. The molecule has 3 rings (SSSR count). The van der Waals surface area contributed by atoms with Crippen molar-refractivity contribution in [2.24, 2.45) is 0 Å². The first-order valence-corrected chi connectivity index (χ1v) is 8.79. The van der Waals surface area contributed by atoms with E-state index in [0.29, 0.717) is 25.1 Å². The molecule has 2 N–H and O–H groups in total. The second-order valence-corrected chi connectivity index (χ2v) is 6.72. The first-order valence-electron chi connectivity index (χ1n) is 7.71. The zero-order valence-corrected chi connectivity index (χ0v) is 15.1. The predicted octanol–water partition coefficient (Wildman–Crippen LogP) is 2.98. The summed E-state index contributed by atoms with van der Waals surface area (Å²) in [5.41, 5.74) is 2.57. The van der Waals surface area contributed by atoms with E-state index in [2.05, 4.69) is 33.2 Å². The Kier molecular flexibility index (Phi) is 5.34. The zero-order valence-electron chi connectivity index (χ0n) is 13.0. The summed E-state index contributed by atoms with van der Waals surface area (Å²) in [5.74, 6) is 0.686. The fourth-order valence-electron chi connectivity index (χ4n) is 2.49. The van der Waals surface area contributed by atoms with Gasteiger partial charge < -0.3 is 15.4 Å². The van der Waals surface area contributed by atoms with Crippen molar-refractivity contribution in [3.8, 4) is 5.75 Å². The number of nitrogens with one attached hydrogen (secondary N) is 2. The Bertz CT molecular complexity index is 759. The molecule has 24 heavy (non-hydrogen) atoms. The van der Waals surface area contributed by atoms with E-state index in [1.54, 1.807) is 12.1 Å². The molecule has 0 aliphatic carbocycles. The molecule has 0 aromatic heterocycles. The standard InChI is InChI=1S/C18H17IN2O3/c19-14-4-1-12(2-5-14)18(23)20-9-10-24-15-6-7-16-13(11-15)3-8-17(22)21-16/h1-2,4-7,11H,3,8-10H2,(H,20,23)(H,21,22). The molecule has 0 radical (unpaired) electrons. The van der Waals surface area contributed by atoms with E-state index in [1.807, 2.05) is 30.3 Å². The molecule has 0 saturated carbocycles. The van der Waals surface area contributed by atoms with Crippen molar-refractivity contribution in [3.63, 3.8) is 0 Å². The molecule has 0 atom stereocenters. The molecule has 6 heteroatoms. The summed E-state index contributed by atoms with van der Waals surface area (Å²) in [6.07, 6.45) is 1.23. The van der Waals surface area contributed by atoms with Gasteiger partial charge in [-0.15, -0.1) is 0 Å². The van der Waals surface area contributed by atoms with Crippen LogP contribution >= 0.6 is 22.6 Å². The van der Waals surface area contributed by atoms with Crippen LogP contribution in [0, 0.1) is 3.57 Å². The lowest BCUT2D eigenvalue weighted by molar-refractivity contribution is -0.116. The minimum absolute atomic E-state index is 0.0504. The number of hydrogen-bond donors (Lipinski definition) is 2. The summed E-state index contributed by atoms with van der Waals surface area (Å²) in [7, 11) is 0. The van der Waals surface area contributed by atoms with Crippen LogP contribution in [0.25, 0.3) is 0 Å². The number of hydrogen-bond acceptors (Lipinski definition) is 3. The minimum Gasteiger partial charge on any atom is -0.492 e. The number of carbonyl (C=O) groups is 2. The normalized spacial score (nSPS) is 13.0. The van der Waals surface area contributed by atoms with E-state index in [0.717, 1.165) is 27.0 Å². The molecular weight excluding hydrogens is 419 g/mol. The Balaban J connectivity index is 1.47. The number of fused-ring (bicyclic) bond motifs is 1. The van der Waals surface area contributed by atoms with Crippen LogP contribution in [0.4, 0.5) is 5.69 Å². The first kappa shape index (κ1) is 16.8. The molecule has 1 aliphatic rings. The summed E-state index contributed by atoms with van der Waals surface area (Å²) in [5, 5.41) is 5.67. The molecule has 1 aliphatic heterocycles. The molecule has 0 bridgehead atoms. The molecule has 1 heterocycles. The Morgan fingerprint density at radius 3 is 2.75 bits per heavy atom. The number of benzene rings is 2. The van der Waals surface area contributed by atoms with Gasteiger partial charge >= 0.3 is 0 Å². The molecule has 0 fully saturated rings. The third-order valence-electron chi connectivity index (χ3n) is 3.73. The number of rotatable bonds is 5. The summed E-state index contributed by atoms with van der Waals surface area (Å²) in [4.78, 5) is 23.3. The highest BCUT2D eigenvalue weighted by molar-refractivity contribution is 14.1. The van der Waals surface area contributed by atoms with E-state index >= 15 is 0 Å². The van der Waals surface area contributed by atoms with Crippen LogP contribution in [0.1, 0.15) is 22.3 Å². The highest BCUT2D eigenvalue weighted by atomic mass is 127. The van der Waals surface area contributed by atoms with Crippen LogP contribution in [-0.4, -0.2) is 25.0 Å². The Labute approximate surface area is 153 Å². The molecule has 0 spiro atoms. The van der Waals surface area contributed by atoms with Crippen molar-refractivity contribution in [1.82, 2.24) is 5.32 Å². The molecule has 5 nitrogen and oxygen atoms in total. The lowest BCUT2D eigenvalue weighted by Crippen LogP contribution is -2.28. The van der Waals surface area contributed by atoms with E-state index in [9.17, 15) is 9.59 Å². The largest absolute Gasteiger partial charge is 0.492 e.